The summed E-state index contributed by atoms with van der Waals surface area (Å²) >= 11 is 0. The Morgan fingerprint density at radius 3 is 2.06 bits per heavy atom. The van der Waals surface area contributed by atoms with Gasteiger partial charge in [0.25, 0.3) is 0 Å². The van der Waals surface area contributed by atoms with E-state index in [0.717, 1.165) is 0 Å². The van der Waals surface area contributed by atoms with Crippen LogP contribution in [0.1, 0.15) is 42.4 Å². The smallest absolute Gasteiger partial charge is 0.197 e. The Labute approximate surface area is 95.1 Å². The summed E-state index contributed by atoms with van der Waals surface area (Å²) in [5.41, 5.74) is -0.539. The zero-order valence-corrected chi connectivity index (χ0v) is 8.81. The third-order valence-electron chi connectivity index (χ3n) is 3.96. The van der Waals surface area contributed by atoms with E-state index in [2.05, 4.69) is 0 Å². The number of aliphatic hydroxyl groups excluding tert-OH is 1. The molecule has 0 spiro atoms. The summed E-state index contributed by atoms with van der Waals surface area (Å²) in [6, 6.07) is 0. The molecule has 0 aliphatic heterocycles. The van der Waals surface area contributed by atoms with E-state index in [1.807, 2.05) is 0 Å². The highest BCUT2D eigenvalue weighted by Gasteiger charge is 2.44. The maximum atomic E-state index is 13.7. The fourth-order valence-corrected chi connectivity index (χ4v) is 3.16. The monoisotopic (exact) mass is 246 g/mol. The first-order valence-corrected chi connectivity index (χ1v) is 5.56. The first kappa shape index (κ1) is 11.0. The molecule has 92 valence electrons. The molecular weight excluding hydrogens is 236 g/mol. The lowest BCUT2D eigenvalue weighted by atomic mass is 9.80. The van der Waals surface area contributed by atoms with Crippen molar-refractivity contribution in [2.75, 3.05) is 0 Å². The van der Waals surface area contributed by atoms with Crippen molar-refractivity contribution < 1.29 is 22.7 Å². The summed E-state index contributed by atoms with van der Waals surface area (Å²) in [6.45, 7) is 0. The van der Waals surface area contributed by atoms with Gasteiger partial charge in [0.15, 0.2) is 23.3 Å². The summed E-state index contributed by atoms with van der Waals surface area (Å²) in [7, 11) is 0. The van der Waals surface area contributed by atoms with Crippen LogP contribution in [0.15, 0.2) is 0 Å². The molecule has 1 N–H and O–H groups in total. The predicted molar refractivity (Wildman–Crippen MR) is 51.3 cm³/mol. The van der Waals surface area contributed by atoms with Crippen LogP contribution in [0.2, 0.25) is 0 Å². The number of aliphatic hydroxyl groups is 1. The zero-order chi connectivity index (χ0) is 12.3. The van der Waals surface area contributed by atoms with Crippen LogP contribution in [0, 0.1) is 29.2 Å². The molecule has 0 radical (unpaired) electrons. The second kappa shape index (κ2) is 3.45. The van der Waals surface area contributed by atoms with E-state index in [4.69, 9.17) is 0 Å². The van der Waals surface area contributed by atoms with E-state index < -0.39 is 29.4 Å². The maximum Gasteiger partial charge on any atom is 0.197 e. The van der Waals surface area contributed by atoms with Crippen molar-refractivity contribution >= 4 is 0 Å². The first-order valence-electron chi connectivity index (χ1n) is 5.56. The van der Waals surface area contributed by atoms with E-state index in [1.54, 1.807) is 0 Å². The van der Waals surface area contributed by atoms with Crippen LogP contribution >= 0.6 is 0 Å². The molecule has 0 aromatic heterocycles. The maximum absolute atomic E-state index is 13.7. The van der Waals surface area contributed by atoms with Crippen molar-refractivity contribution in [3.05, 3.63) is 34.4 Å². The van der Waals surface area contributed by atoms with Gasteiger partial charge < -0.3 is 5.11 Å². The van der Waals surface area contributed by atoms with Crippen LogP contribution < -0.4 is 0 Å². The fraction of sp³-hybridized carbons (Fsp3) is 0.500. The van der Waals surface area contributed by atoms with Gasteiger partial charge in [0.05, 0.1) is 6.10 Å². The minimum absolute atomic E-state index is 0.164. The minimum Gasteiger partial charge on any atom is -0.388 e. The topological polar surface area (TPSA) is 20.2 Å². The third kappa shape index (κ3) is 1.29. The van der Waals surface area contributed by atoms with Gasteiger partial charge in [0.1, 0.15) is 0 Å². The van der Waals surface area contributed by atoms with Crippen LogP contribution in [-0.2, 0) is 0 Å². The van der Waals surface area contributed by atoms with Crippen LogP contribution in [0.4, 0.5) is 17.6 Å². The first-order chi connectivity index (χ1) is 8.02. The van der Waals surface area contributed by atoms with Gasteiger partial charge in [-0.2, -0.15) is 0 Å². The van der Waals surface area contributed by atoms with E-state index >= 15 is 0 Å². The summed E-state index contributed by atoms with van der Waals surface area (Å²) in [5, 5.41) is 9.87. The highest BCUT2D eigenvalue weighted by Crippen LogP contribution is 2.53. The standard InChI is InChI=1S/C12H10F4O/c13-8-6-4-1-2-5(3-4)12(17)7(6)9(14)11(16)10(8)15/h4-5,12,17H,1-3H2/t4-,5+,12-/m1/s1. The van der Waals surface area contributed by atoms with E-state index in [0.29, 0.717) is 19.3 Å². The summed E-state index contributed by atoms with van der Waals surface area (Å²) < 4.78 is 53.6. The predicted octanol–water partition coefficient (Wildman–Crippen LogP) is 3.17. The second-order valence-electron chi connectivity index (χ2n) is 4.80. The van der Waals surface area contributed by atoms with Crippen molar-refractivity contribution in [3.63, 3.8) is 0 Å². The van der Waals surface area contributed by atoms with Gasteiger partial charge in [-0.25, -0.2) is 17.6 Å². The molecule has 3 rings (SSSR count). The average molecular weight is 246 g/mol. The molecule has 1 aromatic carbocycles. The molecule has 0 saturated heterocycles. The quantitative estimate of drug-likeness (QED) is 0.423. The van der Waals surface area contributed by atoms with Gasteiger partial charge in [-0.15, -0.1) is 0 Å². The summed E-state index contributed by atoms with van der Waals surface area (Å²) in [5.74, 6) is -6.87. The number of hydrogen-bond acceptors (Lipinski definition) is 1. The van der Waals surface area contributed by atoms with Crippen LogP contribution in [-0.4, -0.2) is 5.11 Å². The van der Waals surface area contributed by atoms with Crippen LogP contribution in [0.3, 0.4) is 0 Å². The molecule has 2 aliphatic carbocycles. The van der Waals surface area contributed by atoms with Gasteiger partial charge in [-0.05, 0) is 31.1 Å². The Morgan fingerprint density at radius 1 is 0.824 bits per heavy atom. The molecular formula is C12H10F4O. The molecule has 1 aromatic rings. The van der Waals surface area contributed by atoms with Crippen molar-refractivity contribution in [2.45, 2.75) is 31.3 Å². The molecule has 0 heterocycles. The molecule has 3 atom stereocenters. The van der Waals surface area contributed by atoms with Gasteiger partial charge in [0, 0.05) is 11.1 Å². The third-order valence-corrected chi connectivity index (χ3v) is 3.96. The van der Waals surface area contributed by atoms with Gasteiger partial charge >= 0.3 is 0 Å². The Balaban J connectivity index is 2.33. The Morgan fingerprint density at radius 2 is 1.41 bits per heavy atom. The van der Waals surface area contributed by atoms with Gasteiger partial charge in [-0.1, -0.05) is 0 Å². The normalized spacial score (nSPS) is 30.5. The molecule has 1 nitrogen and oxygen atoms in total. The Bertz CT molecular complexity index is 473. The highest BCUT2D eigenvalue weighted by atomic mass is 19.2. The number of rotatable bonds is 0. The SMILES string of the molecule is O[C@H]1c2c(F)c(F)c(F)c(F)c2[C@@H]2CC[C@H]1C2. The van der Waals surface area contributed by atoms with Gasteiger partial charge in [-0.3, -0.25) is 0 Å². The largest absolute Gasteiger partial charge is 0.388 e. The van der Waals surface area contributed by atoms with Crippen LogP contribution in [0.5, 0.6) is 0 Å². The Kier molecular flexibility index (Phi) is 2.23. The van der Waals surface area contributed by atoms with Crippen molar-refractivity contribution in [3.8, 4) is 0 Å². The molecule has 2 bridgehead atoms. The second-order valence-corrected chi connectivity index (χ2v) is 4.80. The number of benzene rings is 1. The molecule has 0 unspecified atom stereocenters. The molecule has 2 aliphatic rings. The lowest BCUT2D eigenvalue weighted by Gasteiger charge is -2.28. The number of hydrogen-bond donors (Lipinski definition) is 1. The lowest BCUT2D eigenvalue weighted by molar-refractivity contribution is 0.0971. The summed E-state index contributed by atoms with van der Waals surface area (Å²) in [6.07, 6.45) is 0.488. The highest BCUT2D eigenvalue weighted by molar-refractivity contribution is 5.40. The van der Waals surface area contributed by atoms with Crippen LogP contribution in [0.25, 0.3) is 0 Å². The molecule has 17 heavy (non-hydrogen) atoms. The van der Waals surface area contributed by atoms with E-state index in [-0.39, 0.29) is 23.0 Å². The molecule has 5 heteroatoms. The van der Waals surface area contributed by atoms with Crippen molar-refractivity contribution in [2.24, 2.45) is 5.92 Å². The molecule has 0 amide bonds. The molecule has 1 saturated carbocycles. The minimum atomic E-state index is -1.83. The summed E-state index contributed by atoms with van der Waals surface area (Å²) in [4.78, 5) is 0. The Hall–Kier alpha value is -1.10. The molecule has 1 fully saturated rings. The van der Waals surface area contributed by atoms with Crippen molar-refractivity contribution in [1.29, 1.82) is 0 Å². The number of fused-ring (bicyclic) bond motifs is 4. The fourth-order valence-electron chi connectivity index (χ4n) is 3.16. The van der Waals surface area contributed by atoms with E-state index in [1.165, 1.54) is 0 Å². The zero-order valence-electron chi connectivity index (χ0n) is 8.81. The van der Waals surface area contributed by atoms with E-state index in [9.17, 15) is 22.7 Å². The van der Waals surface area contributed by atoms with Crippen molar-refractivity contribution in [1.82, 2.24) is 0 Å². The van der Waals surface area contributed by atoms with Gasteiger partial charge in [0.2, 0.25) is 0 Å². The average Bonchev–Trinajstić information content (AvgIpc) is 2.74. The lowest BCUT2D eigenvalue weighted by Crippen LogP contribution is -2.22. The number of halogens is 4.